The monoisotopic (exact) mass is 404 g/mol. The summed E-state index contributed by atoms with van der Waals surface area (Å²) in [7, 11) is 0. The van der Waals surface area contributed by atoms with Gasteiger partial charge in [-0.25, -0.2) is 0 Å². The number of unbranched alkanes of at least 4 members (excludes halogenated alkanes) is 11. The van der Waals surface area contributed by atoms with Crippen LogP contribution >= 0.6 is 12.0 Å². The predicted molar refractivity (Wildman–Crippen MR) is 120 cm³/mol. The van der Waals surface area contributed by atoms with Crippen LogP contribution in [0.1, 0.15) is 117 Å². The van der Waals surface area contributed by atoms with Gasteiger partial charge in [0.15, 0.2) is 0 Å². The third-order valence-corrected chi connectivity index (χ3v) is 5.77. The highest BCUT2D eigenvalue weighted by molar-refractivity contribution is 7.94. The van der Waals surface area contributed by atoms with Crippen molar-refractivity contribution in [3.63, 3.8) is 0 Å². The molecule has 0 spiro atoms. The molecule has 0 saturated heterocycles. The van der Waals surface area contributed by atoms with Crippen LogP contribution in [0.3, 0.4) is 0 Å². The Morgan fingerprint density at radius 3 is 1.59 bits per heavy atom. The summed E-state index contributed by atoms with van der Waals surface area (Å²) >= 11 is 1.62. The summed E-state index contributed by atoms with van der Waals surface area (Å²) in [6, 6.07) is 0. The SMILES string of the molecule is CCCCCCCC[C@H](O)[C@H](O)CCCCCCCCCSOCC(C)C. The van der Waals surface area contributed by atoms with Gasteiger partial charge < -0.3 is 14.4 Å². The summed E-state index contributed by atoms with van der Waals surface area (Å²) in [6.45, 7) is 7.43. The van der Waals surface area contributed by atoms with E-state index in [1.165, 1.54) is 70.6 Å². The van der Waals surface area contributed by atoms with Crippen LogP contribution in [0.4, 0.5) is 0 Å². The van der Waals surface area contributed by atoms with Gasteiger partial charge in [0.25, 0.3) is 0 Å². The van der Waals surface area contributed by atoms with Crippen LogP contribution in [0, 0.1) is 5.92 Å². The van der Waals surface area contributed by atoms with E-state index in [1.807, 2.05) is 0 Å². The summed E-state index contributed by atoms with van der Waals surface area (Å²) in [5.74, 6) is 1.72. The second-order valence-corrected chi connectivity index (χ2v) is 9.33. The summed E-state index contributed by atoms with van der Waals surface area (Å²) in [6.07, 6.45) is 16.4. The minimum absolute atomic E-state index is 0.522. The molecule has 0 fully saturated rings. The molecule has 164 valence electrons. The van der Waals surface area contributed by atoms with Crippen molar-refractivity contribution in [3.8, 4) is 0 Å². The van der Waals surface area contributed by atoms with Gasteiger partial charge in [-0.05, 0) is 37.2 Å². The summed E-state index contributed by atoms with van der Waals surface area (Å²) < 4.78 is 5.52. The van der Waals surface area contributed by atoms with E-state index in [1.54, 1.807) is 12.0 Å². The normalized spacial score (nSPS) is 14.0. The Morgan fingerprint density at radius 1 is 0.667 bits per heavy atom. The van der Waals surface area contributed by atoms with Crippen molar-refractivity contribution < 1.29 is 14.4 Å². The zero-order valence-corrected chi connectivity index (χ0v) is 19.3. The van der Waals surface area contributed by atoms with Crippen LogP contribution in [0.2, 0.25) is 0 Å². The molecule has 0 aliphatic heterocycles. The van der Waals surface area contributed by atoms with Crippen LogP contribution in [-0.2, 0) is 4.18 Å². The highest BCUT2D eigenvalue weighted by Gasteiger charge is 2.15. The van der Waals surface area contributed by atoms with E-state index in [0.29, 0.717) is 5.92 Å². The molecule has 0 aromatic carbocycles. The van der Waals surface area contributed by atoms with E-state index < -0.39 is 12.2 Å². The first-order valence-corrected chi connectivity index (χ1v) is 12.6. The molecule has 0 aliphatic rings. The average molecular weight is 405 g/mol. The number of hydrogen-bond donors (Lipinski definition) is 2. The summed E-state index contributed by atoms with van der Waals surface area (Å²) in [5.41, 5.74) is 0. The average Bonchev–Trinajstić information content (AvgIpc) is 2.64. The van der Waals surface area contributed by atoms with Crippen molar-refractivity contribution in [3.05, 3.63) is 0 Å². The van der Waals surface area contributed by atoms with E-state index in [-0.39, 0.29) is 0 Å². The summed E-state index contributed by atoms with van der Waals surface area (Å²) in [4.78, 5) is 0. The zero-order chi connectivity index (χ0) is 20.2. The van der Waals surface area contributed by atoms with Gasteiger partial charge in [-0.2, -0.15) is 0 Å². The van der Waals surface area contributed by atoms with Crippen molar-refractivity contribution in [2.24, 2.45) is 5.92 Å². The van der Waals surface area contributed by atoms with Gasteiger partial charge in [0, 0.05) is 5.75 Å². The van der Waals surface area contributed by atoms with Gasteiger partial charge >= 0.3 is 0 Å². The van der Waals surface area contributed by atoms with E-state index in [9.17, 15) is 10.2 Å². The fourth-order valence-electron chi connectivity index (χ4n) is 3.16. The Labute approximate surface area is 174 Å². The van der Waals surface area contributed by atoms with Gasteiger partial charge in [-0.1, -0.05) is 97.8 Å². The molecule has 0 aromatic rings. The Hall–Kier alpha value is 0.230. The predicted octanol–water partition coefficient (Wildman–Crippen LogP) is 6.90. The Kier molecular flexibility index (Phi) is 21.1. The van der Waals surface area contributed by atoms with Crippen molar-refractivity contribution in [2.45, 2.75) is 129 Å². The first-order valence-electron chi connectivity index (χ1n) is 11.7. The molecule has 0 rings (SSSR count). The number of aliphatic hydroxyl groups is 2. The topological polar surface area (TPSA) is 49.7 Å². The number of rotatable bonds is 21. The fourth-order valence-corrected chi connectivity index (χ4v) is 3.97. The standard InChI is InChI=1S/C23H48O3S/c1-4-5-6-7-11-14-17-22(24)23(25)18-15-12-9-8-10-13-16-19-27-26-20-21(2)3/h21-25H,4-20H2,1-3H3/t22-,23+/m0/s1. The lowest BCUT2D eigenvalue weighted by molar-refractivity contribution is 0.00712. The molecule has 0 aliphatic carbocycles. The minimum atomic E-state index is -0.525. The second-order valence-electron chi connectivity index (χ2n) is 8.46. The maximum atomic E-state index is 10.1. The lowest BCUT2D eigenvalue weighted by Crippen LogP contribution is -2.25. The molecule has 27 heavy (non-hydrogen) atoms. The number of aliphatic hydroxyl groups excluding tert-OH is 2. The van der Waals surface area contributed by atoms with Gasteiger partial charge in [0.2, 0.25) is 0 Å². The van der Waals surface area contributed by atoms with E-state index in [4.69, 9.17) is 4.18 Å². The van der Waals surface area contributed by atoms with Crippen molar-refractivity contribution in [2.75, 3.05) is 12.4 Å². The smallest absolute Gasteiger partial charge is 0.0799 e. The molecule has 0 radical (unpaired) electrons. The molecule has 2 atom stereocenters. The molecule has 0 bridgehead atoms. The molecule has 0 heterocycles. The van der Waals surface area contributed by atoms with E-state index in [2.05, 4.69) is 20.8 Å². The fraction of sp³-hybridized carbons (Fsp3) is 1.00. The molecule has 0 unspecified atom stereocenters. The maximum Gasteiger partial charge on any atom is 0.0799 e. The third kappa shape index (κ3) is 20.8. The van der Waals surface area contributed by atoms with Gasteiger partial charge in [0.1, 0.15) is 0 Å². The molecular weight excluding hydrogens is 356 g/mol. The Bertz CT molecular complexity index is 287. The third-order valence-electron chi connectivity index (χ3n) is 5.01. The van der Waals surface area contributed by atoms with Crippen molar-refractivity contribution in [1.29, 1.82) is 0 Å². The quantitative estimate of drug-likeness (QED) is 0.161. The Morgan fingerprint density at radius 2 is 1.11 bits per heavy atom. The van der Waals surface area contributed by atoms with Crippen LogP contribution in [0.5, 0.6) is 0 Å². The molecule has 4 heteroatoms. The number of hydrogen-bond acceptors (Lipinski definition) is 4. The van der Waals surface area contributed by atoms with Crippen LogP contribution in [0.25, 0.3) is 0 Å². The van der Waals surface area contributed by atoms with E-state index >= 15 is 0 Å². The van der Waals surface area contributed by atoms with E-state index in [0.717, 1.165) is 38.0 Å². The van der Waals surface area contributed by atoms with Crippen LogP contribution < -0.4 is 0 Å². The lowest BCUT2D eigenvalue weighted by atomic mass is 9.99. The van der Waals surface area contributed by atoms with Crippen LogP contribution in [-0.4, -0.2) is 34.8 Å². The highest BCUT2D eigenvalue weighted by atomic mass is 32.2. The molecule has 0 amide bonds. The molecule has 3 nitrogen and oxygen atoms in total. The largest absolute Gasteiger partial charge is 0.390 e. The second kappa shape index (κ2) is 21.0. The van der Waals surface area contributed by atoms with Gasteiger partial charge in [-0.15, -0.1) is 0 Å². The van der Waals surface area contributed by atoms with Crippen LogP contribution in [0.15, 0.2) is 0 Å². The first-order chi connectivity index (χ1) is 13.1. The van der Waals surface area contributed by atoms with Gasteiger partial charge in [0.05, 0.1) is 18.8 Å². The molecule has 0 aromatic heterocycles. The Balaban J connectivity index is 3.29. The zero-order valence-electron chi connectivity index (χ0n) is 18.5. The molecular formula is C23H48O3S. The van der Waals surface area contributed by atoms with Gasteiger partial charge in [-0.3, -0.25) is 0 Å². The highest BCUT2D eigenvalue weighted by Crippen LogP contribution is 2.16. The minimum Gasteiger partial charge on any atom is -0.390 e. The van der Waals surface area contributed by atoms with Crippen molar-refractivity contribution >= 4 is 12.0 Å². The summed E-state index contributed by atoms with van der Waals surface area (Å²) in [5, 5.41) is 20.1. The lowest BCUT2D eigenvalue weighted by Gasteiger charge is -2.17. The molecule has 2 N–H and O–H groups in total. The molecule has 0 saturated carbocycles. The first kappa shape index (κ1) is 27.2. The maximum absolute atomic E-state index is 10.1. The van der Waals surface area contributed by atoms with Crippen molar-refractivity contribution in [1.82, 2.24) is 0 Å².